The van der Waals surface area contributed by atoms with Crippen molar-refractivity contribution in [3.05, 3.63) is 66.2 Å². The van der Waals surface area contributed by atoms with Gasteiger partial charge in [0, 0.05) is 11.8 Å². The molecule has 4 aromatic rings. The first-order valence-electron chi connectivity index (χ1n) is 21.0. The number of pyridine rings is 1. The van der Waals surface area contributed by atoms with Gasteiger partial charge in [0.2, 0.25) is 5.60 Å². The molecule has 0 radical (unpaired) electrons. The van der Waals surface area contributed by atoms with Gasteiger partial charge in [-0.05, 0) is 37.1 Å². The van der Waals surface area contributed by atoms with E-state index in [-0.39, 0.29) is 31.1 Å². The quantitative estimate of drug-likeness (QED) is 0.0327. The molecule has 3 aromatic heterocycles. The van der Waals surface area contributed by atoms with E-state index in [9.17, 15) is 38.1 Å². The van der Waals surface area contributed by atoms with E-state index in [0.29, 0.717) is 24.1 Å². The van der Waals surface area contributed by atoms with Crippen LogP contribution in [0.2, 0.25) is 0 Å². The molecule has 0 aliphatic carbocycles. The molecule has 1 aliphatic heterocycles. The van der Waals surface area contributed by atoms with E-state index in [1.165, 1.54) is 23.7 Å². The Labute approximate surface area is 348 Å². The van der Waals surface area contributed by atoms with Crippen molar-refractivity contribution in [1.29, 1.82) is 5.26 Å². The molecule has 18 heteroatoms. The average molecular weight is 863 g/mol. The lowest BCUT2D eigenvalue weighted by Gasteiger charge is -2.26. The molecule has 4 heterocycles. The summed E-state index contributed by atoms with van der Waals surface area (Å²) in [7, 11) is -4.83. The number of nitrogens with two attached hydrogens (primary N) is 1. The summed E-state index contributed by atoms with van der Waals surface area (Å²) < 4.78 is 73.9. The summed E-state index contributed by atoms with van der Waals surface area (Å²) in [5, 5.41) is 37.1. The molecule has 5 rings (SSSR count). The smallest absolute Gasteiger partial charge is 0.387 e. The maximum atomic E-state index is 13.2. The Morgan fingerprint density at radius 1 is 0.900 bits per heavy atom. The fourth-order valence-electron chi connectivity index (χ4n) is 7.47. The van der Waals surface area contributed by atoms with Crippen molar-refractivity contribution >= 4 is 30.1 Å². The van der Waals surface area contributed by atoms with Gasteiger partial charge in [0.1, 0.15) is 42.8 Å². The standard InChI is InChI=1S/C42H58F3N6O8P/c43-42(44,45)25-17-13-11-9-7-5-3-1-2-4-6-8-10-12-14-19-33(56-26-32-22-21-31-18-15-16-20-34(31)50-32)27-57-60(54,55)58-29-41(28-46)39(53)37(52)38(59-41)35-23-24-36-40(47)48-30-49-51(35)36/h15-16,18,20-24,30,33,37-39,52-53H,1-14,17,19,25-27,29H2,(H,54,55)(H2,47,48,49)/t33-,37-,38-,39-,41+/m0/s1. The number of para-hydroxylation sites is 1. The van der Waals surface area contributed by atoms with Crippen LogP contribution in [0.5, 0.6) is 0 Å². The number of unbranched alkanes of at least 4 members (excludes halogenated alkanes) is 14. The topological polar surface area (TPSA) is 208 Å². The van der Waals surface area contributed by atoms with Crippen LogP contribution in [-0.4, -0.2) is 78.0 Å². The van der Waals surface area contributed by atoms with Crippen molar-refractivity contribution in [2.45, 2.75) is 152 Å². The van der Waals surface area contributed by atoms with E-state index in [4.69, 9.17) is 24.3 Å². The van der Waals surface area contributed by atoms with E-state index < -0.39 is 57.0 Å². The van der Waals surface area contributed by atoms with E-state index in [0.717, 1.165) is 81.5 Å². The Kier molecular flexibility index (Phi) is 18.1. The molecule has 60 heavy (non-hydrogen) atoms. The first-order chi connectivity index (χ1) is 28.8. The minimum Gasteiger partial charge on any atom is -0.387 e. The van der Waals surface area contributed by atoms with Gasteiger partial charge in [0.25, 0.3) is 0 Å². The molecule has 5 N–H and O–H groups in total. The fraction of sp³-hybridized carbons (Fsp3) is 0.619. The third-order valence-electron chi connectivity index (χ3n) is 10.9. The number of ether oxygens (including phenoxy) is 2. The Bertz CT molecular complexity index is 2020. The van der Waals surface area contributed by atoms with Gasteiger partial charge in [0.05, 0.1) is 36.2 Å². The Hall–Kier alpha value is -3.72. The van der Waals surface area contributed by atoms with Crippen LogP contribution in [-0.2, 0) is 29.7 Å². The minimum atomic E-state index is -4.83. The summed E-state index contributed by atoms with van der Waals surface area (Å²) in [6.45, 7) is -1.06. The van der Waals surface area contributed by atoms with Crippen LogP contribution >= 0.6 is 7.82 Å². The van der Waals surface area contributed by atoms with Crippen molar-refractivity contribution < 1.29 is 51.4 Å². The predicted octanol–water partition coefficient (Wildman–Crippen LogP) is 8.83. The van der Waals surface area contributed by atoms with Crippen molar-refractivity contribution in [2.24, 2.45) is 0 Å². The SMILES string of the molecule is N#C[C@]1(COP(=O)(O)OC[C@H](CCCCCCCCCCCCCCCCCC(F)(F)F)OCc2ccc3ccccc3n2)O[C@@H](c2ccc3c(N)ncnn23)[C@H](O)[C@@H]1O. The first kappa shape index (κ1) is 47.3. The number of aromatic nitrogens is 4. The van der Waals surface area contributed by atoms with E-state index in [1.807, 2.05) is 36.4 Å². The molecule has 330 valence electrons. The molecule has 0 saturated carbocycles. The normalized spacial score (nSPS) is 21.1. The number of nitrogens with zero attached hydrogens (tertiary/aromatic N) is 5. The Morgan fingerprint density at radius 3 is 2.18 bits per heavy atom. The van der Waals surface area contributed by atoms with Crippen molar-refractivity contribution in [3.63, 3.8) is 0 Å². The number of benzene rings is 1. The molecule has 14 nitrogen and oxygen atoms in total. The summed E-state index contributed by atoms with van der Waals surface area (Å²) in [5.41, 5.74) is 5.88. The number of halogens is 3. The maximum absolute atomic E-state index is 13.2. The lowest BCUT2D eigenvalue weighted by molar-refractivity contribution is -0.135. The minimum absolute atomic E-state index is 0.138. The number of hydrogen-bond acceptors (Lipinski definition) is 12. The number of fused-ring (bicyclic) bond motifs is 2. The second-order valence-corrected chi connectivity index (χ2v) is 17.1. The average Bonchev–Trinajstić information content (AvgIpc) is 3.77. The third kappa shape index (κ3) is 14.2. The van der Waals surface area contributed by atoms with Gasteiger partial charge in [-0.1, -0.05) is 114 Å². The molecular formula is C42H58F3N6O8P. The van der Waals surface area contributed by atoms with Crippen molar-refractivity contribution in [3.8, 4) is 6.07 Å². The number of nitrogen functional groups attached to an aromatic ring is 1. The van der Waals surface area contributed by atoms with Crippen LogP contribution in [0.1, 0.15) is 127 Å². The van der Waals surface area contributed by atoms with Crippen molar-refractivity contribution in [2.75, 3.05) is 18.9 Å². The monoisotopic (exact) mass is 862 g/mol. The molecule has 1 fully saturated rings. The summed E-state index contributed by atoms with van der Waals surface area (Å²) in [6.07, 6.45) is 6.30. The highest BCUT2D eigenvalue weighted by Crippen LogP contribution is 2.48. The number of anilines is 1. The van der Waals surface area contributed by atoms with Crippen LogP contribution in [0.25, 0.3) is 16.4 Å². The number of rotatable bonds is 27. The van der Waals surface area contributed by atoms with Crippen LogP contribution in [0.3, 0.4) is 0 Å². The highest BCUT2D eigenvalue weighted by Gasteiger charge is 2.57. The number of aliphatic hydroxyl groups excluding tert-OH is 2. The second-order valence-electron chi connectivity index (χ2n) is 15.6. The largest absolute Gasteiger partial charge is 0.472 e. The first-order valence-corrected chi connectivity index (χ1v) is 22.5. The summed E-state index contributed by atoms with van der Waals surface area (Å²) in [4.78, 5) is 19.3. The summed E-state index contributed by atoms with van der Waals surface area (Å²) in [5.74, 6) is 0.166. The number of phosphoric ester groups is 1. The third-order valence-corrected chi connectivity index (χ3v) is 11.8. The molecule has 0 amide bonds. The van der Waals surface area contributed by atoms with E-state index in [1.54, 1.807) is 18.2 Å². The zero-order valence-electron chi connectivity index (χ0n) is 33.9. The van der Waals surface area contributed by atoms with Crippen LogP contribution in [0.4, 0.5) is 19.0 Å². The number of nitriles is 1. The summed E-state index contributed by atoms with van der Waals surface area (Å²) >= 11 is 0. The van der Waals surface area contributed by atoms with E-state index >= 15 is 0 Å². The lowest BCUT2D eigenvalue weighted by Crippen LogP contribution is -2.45. The molecule has 1 unspecified atom stereocenters. The van der Waals surface area contributed by atoms with Gasteiger partial charge in [-0.2, -0.15) is 23.5 Å². The van der Waals surface area contributed by atoms with Crippen LogP contribution in [0.15, 0.2) is 54.9 Å². The second kappa shape index (κ2) is 22.9. The highest BCUT2D eigenvalue weighted by molar-refractivity contribution is 7.47. The van der Waals surface area contributed by atoms with Gasteiger partial charge >= 0.3 is 14.0 Å². The molecular weight excluding hydrogens is 804 g/mol. The molecule has 1 saturated heterocycles. The fourth-order valence-corrected chi connectivity index (χ4v) is 8.25. The number of hydrogen-bond donors (Lipinski definition) is 4. The number of phosphoric acid groups is 1. The van der Waals surface area contributed by atoms with Gasteiger partial charge in [-0.15, -0.1) is 0 Å². The molecule has 6 atom stereocenters. The zero-order valence-corrected chi connectivity index (χ0v) is 34.8. The molecule has 1 aromatic carbocycles. The highest BCUT2D eigenvalue weighted by atomic mass is 31.2. The van der Waals surface area contributed by atoms with Gasteiger partial charge in [-0.25, -0.2) is 14.1 Å². The van der Waals surface area contributed by atoms with Crippen molar-refractivity contribution in [1.82, 2.24) is 19.6 Å². The Balaban J connectivity index is 1.04. The maximum Gasteiger partial charge on any atom is 0.472 e. The van der Waals surface area contributed by atoms with E-state index in [2.05, 4.69) is 15.1 Å². The Morgan fingerprint density at radius 2 is 1.53 bits per heavy atom. The van der Waals surface area contributed by atoms with Gasteiger partial charge in [0.15, 0.2) is 5.82 Å². The lowest BCUT2D eigenvalue weighted by atomic mass is 9.96. The van der Waals surface area contributed by atoms with Gasteiger partial charge in [-0.3, -0.25) is 14.0 Å². The molecule has 0 bridgehead atoms. The van der Waals surface area contributed by atoms with Crippen LogP contribution in [0, 0.1) is 11.3 Å². The number of aliphatic hydroxyl groups is 2. The van der Waals surface area contributed by atoms with Gasteiger partial charge < -0.3 is 30.3 Å². The zero-order chi connectivity index (χ0) is 43.0. The molecule has 0 spiro atoms. The number of alkyl halides is 3. The van der Waals surface area contributed by atoms with Crippen LogP contribution < -0.4 is 5.73 Å². The molecule has 1 aliphatic rings. The predicted molar refractivity (Wildman–Crippen MR) is 218 cm³/mol. The summed E-state index contributed by atoms with van der Waals surface area (Å²) in [6, 6.07) is 16.5.